The molecule has 6 heteroatoms. The second-order valence-electron chi connectivity index (χ2n) is 7.22. The molecule has 3 aromatic rings. The summed E-state index contributed by atoms with van der Waals surface area (Å²) in [4.78, 5) is 31.6. The van der Waals surface area contributed by atoms with Gasteiger partial charge in [-0.2, -0.15) is 0 Å². The first kappa shape index (κ1) is 16.8. The van der Waals surface area contributed by atoms with Gasteiger partial charge in [-0.25, -0.2) is 15.0 Å². The maximum absolute atomic E-state index is 12.4. The Morgan fingerprint density at radius 2 is 1.96 bits per heavy atom. The number of rotatable bonds is 3. The molecular formula is C20H23N5O. The summed E-state index contributed by atoms with van der Waals surface area (Å²) in [6.45, 7) is 7.94. The van der Waals surface area contributed by atoms with Crippen LogP contribution >= 0.6 is 0 Å². The van der Waals surface area contributed by atoms with E-state index in [0.717, 1.165) is 36.5 Å². The van der Waals surface area contributed by atoms with E-state index >= 15 is 0 Å². The zero-order valence-corrected chi connectivity index (χ0v) is 15.4. The monoisotopic (exact) mass is 349 g/mol. The SMILES string of the molecule is CC(C)c1ncc2c(n1)CN(C(C)c1nc3ccccc3c(=O)[nH]1)CC2. The minimum Gasteiger partial charge on any atom is -0.309 e. The number of aromatic nitrogens is 4. The quantitative estimate of drug-likeness (QED) is 0.787. The molecule has 2 aromatic heterocycles. The van der Waals surface area contributed by atoms with Crippen LogP contribution in [-0.4, -0.2) is 31.4 Å². The lowest BCUT2D eigenvalue weighted by molar-refractivity contribution is 0.181. The number of aromatic amines is 1. The van der Waals surface area contributed by atoms with Crippen LogP contribution in [0, 0.1) is 0 Å². The summed E-state index contributed by atoms with van der Waals surface area (Å²) in [5.41, 5.74) is 2.96. The highest BCUT2D eigenvalue weighted by molar-refractivity contribution is 5.77. The Morgan fingerprint density at radius 1 is 1.15 bits per heavy atom. The third-order valence-electron chi connectivity index (χ3n) is 5.09. The van der Waals surface area contributed by atoms with E-state index in [0.29, 0.717) is 17.1 Å². The lowest BCUT2D eigenvalue weighted by Crippen LogP contribution is -2.35. The predicted molar refractivity (Wildman–Crippen MR) is 101 cm³/mol. The zero-order chi connectivity index (χ0) is 18.3. The van der Waals surface area contributed by atoms with Gasteiger partial charge in [0.05, 0.1) is 22.6 Å². The fourth-order valence-corrected chi connectivity index (χ4v) is 3.42. The van der Waals surface area contributed by atoms with Gasteiger partial charge in [0.1, 0.15) is 11.6 Å². The van der Waals surface area contributed by atoms with Crippen LogP contribution in [0.5, 0.6) is 0 Å². The minimum absolute atomic E-state index is 0.0120. The summed E-state index contributed by atoms with van der Waals surface area (Å²) in [6, 6.07) is 7.46. The van der Waals surface area contributed by atoms with Gasteiger partial charge >= 0.3 is 0 Å². The normalized spacial score (nSPS) is 16.0. The van der Waals surface area contributed by atoms with Crippen molar-refractivity contribution in [2.45, 2.75) is 45.7 Å². The number of nitrogens with one attached hydrogen (secondary N) is 1. The summed E-state index contributed by atoms with van der Waals surface area (Å²) in [7, 11) is 0. The van der Waals surface area contributed by atoms with E-state index in [9.17, 15) is 4.79 Å². The molecule has 0 radical (unpaired) electrons. The van der Waals surface area contributed by atoms with Crippen LogP contribution in [0.15, 0.2) is 35.3 Å². The lowest BCUT2D eigenvalue weighted by Gasteiger charge is -2.32. The van der Waals surface area contributed by atoms with Gasteiger partial charge in [0, 0.05) is 25.2 Å². The Balaban J connectivity index is 1.64. The van der Waals surface area contributed by atoms with E-state index in [4.69, 9.17) is 4.98 Å². The third kappa shape index (κ3) is 3.01. The van der Waals surface area contributed by atoms with E-state index in [1.165, 1.54) is 5.56 Å². The molecule has 0 spiro atoms. The fraction of sp³-hybridized carbons (Fsp3) is 0.400. The van der Waals surface area contributed by atoms with Gasteiger partial charge < -0.3 is 4.98 Å². The zero-order valence-electron chi connectivity index (χ0n) is 15.4. The van der Waals surface area contributed by atoms with Crippen LogP contribution in [0.3, 0.4) is 0 Å². The molecule has 1 aliphatic heterocycles. The van der Waals surface area contributed by atoms with Gasteiger partial charge in [-0.15, -0.1) is 0 Å². The molecule has 0 bridgehead atoms. The van der Waals surface area contributed by atoms with Gasteiger partial charge in [0.2, 0.25) is 0 Å². The molecule has 0 saturated carbocycles. The van der Waals surface area contributed by atoms with Crippen molar-refractivity contribution in [1.82, 2.24) is 24.8 Å². The van der Waals surface area contributed by atoms with Gasteiger partial charge in [0.25, 0.3) is 5.56 Å². The Labute approximate surface area is 152 Å². The van der Waals surface area contributed by atoms with Crippen molar-refractivity contribution in [1.29, 1.82) is 0 Å². The first-order valence-corrected chi connectivity index (χ1v) is 9.10. The van der Waals surface area contributed by atoms with Crippen molar-refractivity contribution >= 4 is 10.9 Å². The van der Waals surface area contributed by atoms with E-state index in [1.807, 2.05) is 24.4 Å². The van der Waals surface area contributed by atoms with Crippen molar-refractivity contribution in [2.75, 3.05) is 6.54 Å². The first-order chi connectivity index (χ1) is 12.5. The summed E-state index contributed by atoms with van der Waals surface area (Å²) in [6.07, 6.45) is 2.88. The molecule has 0 amide bonds. The lowest BCUT2D eigenvalue weighted by atomic mass is 10.0. The van der Waals surface area contributed by atoms with Crippen LogP contribution < -0.4 is 5.56 Å². The van der Waals surface area contributed by atoms with Gasteiger partial charge in [0.15, 0.2) is 0 Å². The topological polar surface area (TPSA) is 74.8 Å². The molecule has 1 atom stereocenters. The van der Waals surface area contributed by atoms with Crippen molar-refractivity contribution < 1.29 is 0 Å². The van der Waals surface area contributed by atoms with E-state index in [-0.39, 0.29) is 11.6 Å². The van der Waals surface area contributed by atoms with Crippen LogP contribution in [0.25, 0.3) is 10.9 Å². The maximum Gasteiger partial charge on any atom is 0.258 e. The number of para-hydroxylation sites is 1. The standard InChI is InChI=1S/C20H23N5O/c1-12(2)18-21-10-14-8-9-25(11-17(14)23-18)13(3)19-22-16-7-5-4-6-15(16)20(26)24-19/h4-7,10,12-13H,8-9,11H2,1-3H3,(H,22,24,26). The van der Waals surface area contributed by atoms with Gasteiger partial charge in [-0.05, 0) is 31.0 Å². The molecule has 4 rings (SSSR count). The highest BCUT2D eigenvalue weighted by Crippen LogP contribution is 2.25. The molecule has 0 saturated heterocycles. The summed E-state index contributed by atoms with van der Waals surface area (Å²) >= 11 is 0. The molecule has 1 aliphatic rings. The van der Waals surface area contributed by atoms with Crippen molar-refractivity contribution in [2.24, 2.45) is 0 Å². The third-order valence-corrected chi connectivity index (χ3v) is 5.09. The Morgan fingerprint density at radius 3 is 2.77 bits per heavy atom. The van der Waals surface area contributed by atoms with Crippen LogP contribution in [0.4, 0.5) is 0 Å². The first-order valence-electron chi connectivity index (χ1n) is 9.10. The molecular weight excluding hydrogens is 326 g/mol. The molecule has 6 nitrogen and oxygen atoms in total. The number of hydrogen-bond donors (Lipinski definition) is 1. The van der Waals surface area contributed by atoms with Gasteiger partial charge in [-0.1, -0.05) is 26.0 Å². The largest absolute Gasteiger partial charge is 0.309 e. The predicted octanol–water partition coefficient (Wildman–Crippen LogP) is 2.96. The number of hydrogen-bond acceptors (Lipinski definition) is 5. The molecule has 1 unspecified atom stereocenters. The molecule has 0 fully saturated rings. The second-order valence-corrected chi connectivity index (χ2v) is 7.22. The second kappa shape index (κ2) is 6.61. The molecule has 3 heterocycles. The van der Waals surface area contributed by atoms with E-state index in [1.54, 1.807) is 6.07 Å². The molecule has 1 aromatic carbocycles. The Kier molecular flexibility index (Phi) is 4.28. The Hall–Kier alpha value is -2.60. The number of benzene rings is 1. The molecule has 134 valence electrons. The maximum atomic E-state index is 12.4. The highest BCUT2D eigenvalue weighted by atomic mass is 16.1. The van der Waals surface area contributed by atoms with Crippen LogP contribution in [0.1, 0.15) is 55.6 Å². The minimum atomic E-state index is -0.0840. The van der Waals surface area contributed by atoms with Gasteiger partial charge in [-0.3, -0.25) is 9.69 Å². The highest BCUT2D eigenvalue weighted by Gasteiger charge is 2.25. The molecule has 26 heavy (non-hydrogen) atoms. The van der Waals surface area contributed by atoms with Crippen LogP contribution in [-0.2, 0) is 13.0 Å². The number of nitrogens with zero attached hydrogens (tertiary/aromatic N) is 4. The molecule has 0 aliphatic carbocycles. The van der Waals surface area contributed by atoms with Crippen molar-refractivity contribution in [3.05, 3.63) is 63.7 Å². The van der Waals surface area contributed by atoms with Crippen LogP contribution in [0.2, 0.25) is 0 Å². The number of fused-ring (bicyclic) bond motifs is 2. The molecule has 1 N–H and O–H groups in total. The summed E-state index contributed by atoms with van der Waals surface area (Å²) < 4.78 is 0. The Bertz CT molecular complexity index is 1010. The van der Waals surface area contributed by atoms with Crippen molar-refractivity contribution in [3.8, 4) is 0 Å². The average molecular weight is 349 g/mol. The summed E-state index contributed by atoms with van der Waals surface area (Å²) in [5, 5.41) is 0.627. The summed E-state index contributed by atoms with van der Waals surface area (Å²) in [5.74, 6) is 1.90. The fourth-order valence-electron chi connectivity index (χ4n) is 3.42. The number of H-pyrrole nitrogens is 1. The van der Waals surface area contributed by atoms with Crippen molar-refractivity contribution in [3.63, 3.8) is 0 Å². The van der Waals surface area contributed by atoms with E-state index < -0.39 is 0 Å². The smallest absolute Gasteiger partial charge is 0.258 e. The van der Waals surface area contributed by atoms with E-state index in [2.05, 4.69) is 40.6 Å². The average Bonchev–Trinajstić information content (AvgIpc) is 2.66.